The van der Waals surface area contributed by atoms with Gasteiger partial charge in [-0.3, -0.25) is 4.79 Å². The first kappa shape index (κ1) is 13.2. The number of para-hydroxylation sites is 1. The minimum atomic E-state index is -0.00483. The van der Waals surface area contributed by atoms with Crippen molar-refractivity contribution >= 4 is 5.91 Å². The van der Waals surface area contributed by atoms with Crippen LogP contribution in [-0.2, 0) is 11.3 Å². The van der Waals surface area contributed by atoms with Crippen LogP contribution in [0.25, 0.3) is 0 Å². The predicted molar refractivity (Wildman–Crippen MR) is 73.9 cm³/mol. The monoisotopic (exact) mass is 258 g/mol. The van der Waals surface area contributed by atoms with E-state index in [2.05, 4.69) is 10.3 Å². The molecule has 0 aliphatic heterocycles. The van der Waals surface area contributed by atoms with Gasteiger partial charge in [-0.1, -0.05) is 18.2 Å². The minimum absolute atomic E-state index is 0.00483. The van der Waals surface area contributed by atoms with E-state index in [0.717, 1.165) is 16.9 Å². The fraction of sp³-hybridized carbons (Fsp3) is 0.267. The lowest BCUT2D eigenvalue weighted by molar-refractivity contribution is -0.121. The molecule has 0 spiro atoms. The lowest BCUT2D eigenvalue weighted by Gasteiger charge is -2.08. The van der Waals surface area contributed by atoms with Crippen LogP contribution in [0.4, 0.5) is 0 Å². The molecule has 0 bridgehead atoms. The van der Waals surface area contributed by atoms with Gasteiger partial charge in [-0.2, -0.15) is 0 Å². The van der Waals surface area contributed by atoms with E-state index in [0.29, 0.717) is 19.6 Å². The molecule has 2 rings (SSSR count). The third kappa shape index (κ3) is 4.17. The number of carbonyl (C=O) groups is 1. The number of benzene rings is 1. The van der Waals surface area contributed by atoms with Crippen molar-refractivity contribution in [2.24, 2.45) is 0 Å². The Morgan fingerprint density at radius 1 is 1.32 bits per heavy atom. The van der Waals surface area contributed by atoms with Crippen molar-refractivity contribution in [1.82, 2.24) is 10.3 Å². The summed E-state index contributed by atoms with van der Waals surface area (Å²) in [6, 6.07) is 9.72. The number of nitrogens with one attached hydrogen (secondary N) is 2. The van der Waals surface area contributed by atoms with Gasteiger partial charge in [0, 0.05) is 18.9 Å². The van der Waals surface area contributed by atoms with E-state index in [-0.39, 0.29) is 5.91 Å². The van der Waals surface area contributed by atoms with Crippen molar-refractivity contribution in [2.45, 2.75) is 19.9 Å². The van der Waals surface area contributed by atoms with E-state index in [1.54, 1.807) is 0 Å². The van der Waals surface area contributed by atoms with Crippen LogP contribution in [0.1, 0.15) is 17.5 Å². The Labute approximate surface area is 112 Å². The maximum absolute atomic E-state index is 11.6. The van der Waals surface area contributed by atoms with Crippen LogP contribution in [-0.4, -0.2) is 17.5 Å². The number of carbonyl (C=O) groups excluding carboxylic acids is 1. The number of aromatic nitrogens is 1. The molecule has 0 unspecified atom stereocenters. The molecule has 0 saturated heterocycles. The van der Waals surface area contributed by atoms with E-state index >= 15 is 0 Å². The van der Waals surface area contributed by atoms with Crippen LogP contribution in [0.3, 0.4) is 0 Å². The van der Waals surface area contributed by atoms with E-state index in [9.17, 15) is 4.79 Å². The lowest BCUT2D eigenvalue weighted by atomic mass is 10.2. The van der Waals surface area contributed by atoms with Crippen LogP contribution in [0.5, 0.6) is 5.75 Å². The van der Waals surface area contributed by atoms with Crippen molar-refractivity contribution in [3.63, 3.8) is 0 Å². The predicted octanol–water partition coefficient (Wildman–Crippen LogP) is 2.41. The summed E-state index contributed by atoms with van der Waals surface area (Å²) < 4.78 is 5.58. The molecule has 4 nitrogen and oxygen atoms in total. The Hall–Kier alpha value is -2.23. The Kier molecular flexibility index (Phi) is 4.61. The van der Waals surface area contributed by atoms with Gasteiger partial charge in [-0.15, -0.1) is 0 Å². The third-order valence-corrected chi connectivity index (χ3v) is 2.83. The largest absolute Gasteiger partial charge is 0.493 e. The molecule has 19 heavy (non-hydrogen) atoms. The molecule has 0 aliphatic carbocycles. The Balaban J connectivity index is 1.68. The highest BCUT2D eigenvalue weighted by atomic mass is 16.5. The number of aromatic amines is 1. The summed E-state index contributed by atoms with van der Waals surface area (Å²) in [5.74, 6) is 0.829. The first-order chi connectivity index (χ1) is 9.25. The molecule has 0 atom stereocenters. The second kappa shape index (κ2) is 6.64. The zero-order valence-electron chi connectivity index (χ0n) is 11.0. The van der Waals surface area contributed by atoms with Gasteiger partial charge in [-0.25, -0.2) is 0 Å². The van der Waals surface area contributed by atoms with Crippen LogP contribution in [0.2, 0.25) is 0 Å². The Morgan fingerprint density at radius 2 is 2.16 bits per heavy atom. The molecule has 100 valence electrons. The summed E-state index contributed by atoms with van der Waals surface area (Å²) in [7, 11) is 0. The van der Waals surface area contributed by atoms with Crippen LogP contribution in [0.15, 0.2) is 42.7 Å². The molecule has 1 aromatic heterocycles. The molecule has 4 heteroatoms. The topological polar surface area (TPSA) is 54.1 Å². The number of H-pyrrole nitrogens is 1. The Morgan fingerprint density at radius 3 is 2.89 bits per heavy atom. The maximum atomic E-state index is 11.6. The molecule has 0 saturated carbocycles. The number of ether oxygens (including phenoxy) is 1. The molecule has 1 heterocycles. The lowest BCUT2D eigenvalue weighted by Crippen LogP contribution is -2.24. The highest BCUT2D eigenvalue weighted by Gasteiger charge is 2.03. The molecule has 0 fully saturated rings. The molecule has 1 amide bonds. The average Bonchev–Trinajstić information content (AvgIpc) is 2.92. The van der Waals surface area contributed by atoms with E-state index in [4.69, 9.17) is 4.74 Å². The third-order valence-electron chi connectivity index (χ3n) is 2.83. The molecule has 2 aromatic rings. The number of hydrogen-bond donors (Lipinski definition) is 2. The highest BCUT2D eigenvalue weighted by Crippen LogP contribution is 2.16. The molecular weight excluding hydrogens is 240 g/mol. The first-order valence-corrected chi connectivity index (χ1v) is 6.32. The number of amides is 1. The molecule has 0 radical (unpaired) electrons. The summed E-state index contributed by atoms with van der Waals surface area (Å²) >= 11 is 0. The molecular formula is C15H18N2O2. The fourth-order valence-electron chi connectivity index (χ4n) is 1.73. The first-order valence-electron chi connectivity index (χ1n) is 6.32. The molecule has 0 aliphatic rings. The molecule has 1 aromatic carbocycles. The quantitative estimate of drug-likeness (QED) is 0.836. The van der Waals surface area contributed by atoms with Gasteiger partial charge in [0.2, 0.25) is 5.91 Å². The number of aryl methyl sites for hydroxylation is 1. The van der Waals surface area contributed by atoms with Gasteiger partial charge in [0.1, 0.15) is 5.75 Å². The zero-order valence-corrected chi connectivity index (χ0v) is 11.0. The number of rotatable bonds is 6. The van der Waals surface area contributed by atoms with E-state index in [1.165, 1.54) is 0 Å². The normalized spacial score (nSPS) is 10.2. The van der Waals surface area contributed by atoms with Gasteiger partial charge in [0.05, 0.1) is 13.0 Å². The van der Waals surface area contributed by atoms with Gasteiger partial charge in [0.15, 0.2) is 0 Å². The SMILES string of the molecule is Cc1ccccc1OCCC(=O)NCc1cc[nH]c1. The van der Waals surface area contributed by atoms with Gasteiger partial charge in [-0.05, 0) is 30.2 Å². The van der Waals surface area contributed by atoms with Gasteiger partial charge < -0.3 is 15.0 Å². The summed E-state index contributed by atoms with van der Waals surface area (Å²) in [5, 5.41) is 2.85. The maximum Gasteiger partial charge on any atom is 0.223 e. The minimum Gasteiger partial charge on any atom is -0.493 e. The Bertz CT molecular complexity index is 521. The summed E-state index contributed by atoms with van der Waals surface area (Å²) in [5.41, 5.74) is 2.14. The standard InChI is InChI=1S/C15H18N2O2/c1-12-4-2-3-5-14(12)19-9-7-15(18)17-11-13-6-8-16-10-13/h2-6,8,10,16H,7,9,11H2,1H3,(H,17,18). The number of hydrogen-bond acceptors (Lipinski definition) is 2. The molecule has 2 N–H and O–H groups in total. The average molecular weight is 258 g/mol. The summed E-state index contributed by atoms with van der Waals surface area (Å²) in [6.07, 6.45) is 4.06. The van der Waals surface area contributed by atoms with Gasteiger partial charge in [0.25, 0.3) is 0 Å². The van der Waals surface area contributed by atoms with Crippen molar-refractivity contribution < 1.29 is 9.53 Å². The van der Waals surface area contributed by atoms with Crippen molar-refractivity contribution in [2.75, 3.05) is 6.61 Å². The summed E-state index contributed by atoms with van der Waals surface area (Å²) in [6.45, 7) is 2.93. The van der Waals surface area contributed by atoms with E-state index in [1.807, 2.05) is 49.6 Å². The fourth-order valence-corrected chi connectivity index (χ4v) is 1.73. The van der Waals surface area contributed by atoms with Crippen molar-refractivity contribution in [3.8, 4) is 5.75 Å². The second-order valence-corrected chi connectivity index (χ2v) is 4.36. The second-order valence-electron chi connectivity index (χ2n) is 4.36. The zero-order chi connectivity index (χ0) is 13.5. The van der Waals surface area contributed by atoms with Crippen molar-refractivity contribution in [1.29, 1.82) is 0 Å². The van der Waals surface area contributed by atoms with Gasteiger partial charge >= 0.3 is 0 Å². The van der Waals surface area contributed by atoms with Crippen LogP contribution < -0.4 is 10.1 Å². The highest BCUT2D eigenvalue weighted by molar-refractivity contribution is 5.75. The van der Waals surface area contributed by atoms with Crippen LogP contribution >= 0.6 is 0 Å². The summed E-state index contributed by atoms with van der Waals surface area (Å²) in [4.78, 5) is 14.6. The van der Waals surface area contributed by atoms with E-state index < -0.39 is 0 Å². The van der Waals surface area contributed by atoms with Crippen LogP contribution in [0, 0.1) is 6.92 Å². The van der Waals surface area contributed by atoms with Crippen molar-refractivity contribution in [3.05, 3.63) is 53.9 Å². The smallest absolute Gasteiger partial charge is 0.223 e.